The molecule has 0 atom stereocenters. The first-order valence-corrected chi connectivity index (χ1v) is 30.8. The number of furan rings is 2. The van der Waals surface area contributed by atoms with Crippen molar-refractivity contribution in [2.75, 3.05) is 7.15 Å². The summed E-state index contributed by atoms with van der Waals surface area (Å²) < 4.78 is 34.3. The van der Waals surface area contributed by atoms with Crippen LogP contribution in [0.5, 0.6) is 0 Å². The minimum absolute atomic E-state index is 0. The van der Waals surface area contributed by atoms with Gasteiger partial charge < -0.3 is 24.4 Å². The van der Waals surface area contributed by atoms with Gasteiger partial charge in [-0.1, -0.05) is 169 Å². The van der Waals surface area contributed by atoms with Crippen LogP contribution in [-0.4, -0.2) is 45.8 Å². The predicted molar refractivity (Wildman–Crippen MR) is 381 cm³/mol. The van der Waals surface area contributed by atoms with Crippen LogP contribution >= 0.6 is 11.6 Å². The molecule has 0 aliphatic rings. The molecule has 8 heterocycles. The van der Waals surface area contributed by atoms with Crippen LogP contribution in [0, 0.1) is 0 Å². The molecule has 0 spiro atoms. The number of para-hydroxylation sites is 8. The molecule has 20 aromatic rings. The van der Waals surface area contributed by atoms with E-state index < -0.39 is 7.15 Å². The SMILES string of the molecule is Clc1ncnc2c1oc1ccccc12.[2H]CF.[H-].[Na+].c1ccc(-n2c3ccccc3c3cc(-c4ccc5[nH]c6ccccc6c5c4)ccc32)cc1.c1ccc(-n2c3ccccc3c3cc(-c4ccc5c(c4)c4ccccc4n5-c4ncnc5c4oc4ccccc45)ccc32)cc1. The van der Waals surface area contributed by atoms with Gasteiger partial charge in [-0.3, -0.25) is 8.96 Å². The van der Waals surface area contributed by atoms with E-state index in [2.05, 4.69) is 264 Å². The number of H-pyrrole nitrogens is 1. The van der Waals surface area contributed by atoms with E-state index in [9.17, 15) is 4.39 Å². The van der Waals surface area contributed by atoms with Crippen LogP contribution in [0.3, 0.4) is 0 Å². The predicted octanol–water partition coefficient (Wildman–Crippen LogP) is 19.1. The van der Waals surface area contributed by atoms with Crippen molar-refractivity contribution in [3.8, 4) is 39.4 Å². The van der Waals surface area contributed by atoms with Crippen molar-refractivity contribution >= 4 is 143 Å². The Hall–Kier alpha value is -11.2. The summed E-state index contributed by atoms with van der Waals surface area (Å²) in [6.45, 7) is 0. The van der Waals surface area contributed by atoms with Crippen molar-refractivity contribution < 1.29 is 45.6 Å². The molecule has 0 saturated heterocycles. The third-order valence-electron chi connectivity index (χ3n) is 17.7. The van der Waals surface area contributed by atoms with Crippen LogP contribution in [-0.2, 0) is 0 Å². The number of fused-ring (bicyclic) bond motifs is 18. The van der Waals surface area contributed by atoms with Gasteiger partial charge in [0.25, 0.3) is 0 Å². The standard InChI is InChI=1S/C40H24N4O.C30H20N2.C10H5ClN2O.CH3F.Na.H/c1-2-10-27(11-3-1)43-33-15-7-4-12-28(33)31-22-25(18-20-35(31)43)26-19-21-36-32(23-26)29-13-5-8-16-34(29)44(36)40-39-38(41-24-42-40)30-14-6-9-17-37(30)45-39;1-2-8-22(9-3-1)32-29-13-7-5-11-24(29)26-19-21(15-17-30(26)32)20-14-16-28-25(18-20)23-10-4-6-12-27(23)31-28;11-10-9-8(12-5-13-10)6-3-1-2-4-7(6)14-9;1-2;;/h1-24H;1-19,31H;1-5H;1H3;;/q;;;;+1;-1/i;;;1D;;. The van der Waals surface area contributed by atoms with Crippen LogP contribution in [0.4, 0.5) is 4.39 Å². The molecule has 444 valence electrons. The molecule has 8 aromatic heterocycles. The average molecular weight is 1250 g/mol. The summed E-state index contributed by atoms with van der Waals surface area (Å²) >= 11 is 5.88. The number of halogens is 2. The first kappa shape index (κ1) is 56.8. The molecule has 13 heteroatoms. The van der Waals surface area contributed by atoms with E-state index in [1.807, 2.05) is 48.5 Å². The minimum Gasteiger partial charge on any atom is -1.00 e. The molecule has 12 aromatic carbocycles. The molecular formula is C81H53ClFN8NaO2. The Morgan fingerprint density at radius 2 is 0.723 bits per heavy atom. The summed E-state index contributed by atoms with van der Waals surface area (Å²) in [5, 5.41) is 12.2. The summed E-state index contributed by atoms with van der Waals surface area (Å²) in [5.41, 5.74) is 21.0. The van der Waals surface area contributed by atoms with Gasteiger partial charge in [-0.2, -0.15) is 0 Å². The number of benzene rings is 12. The summed E-state index contributed by atoms with van der Waals surface area (Å²) in [6.07, 6.45) is 3.07. The van der Waals surface area contributed by atoms with E-state index in [-0.39, 0.29) is 31.0 Å². The first-order chi connectivity index (χ1) is 46.5. The molecule has 0 unspecified atom stereocenters. The Morgan fingerprint density at radius 1 is 0.362 bits per heavy atom. The van der Waals surface area contributed by atoms with Crippen molar-refractivity contribution in [3.05, 3.63) is 297 Å². The molecule has 0 aliphatic carbocycles. The number of nitrogens with zero attached hydrogens (tertiary/aromatic N) is 7. The molecule has 0 saturated carbocycles. The van der Waals surface area contributed by atoms with Crippen LogP contribution in [0.1, 0.15) is 2.80 Å². The van der Waals surface area contributed by atoms with Crippen LogP contribution in [0.15, 0.2) is 301 Å². The molecule has 0 bridgehead atoms. The summed E-state index contributed by atoms with van der Waals surface area (Å²) in [7, 11) is -1.00. The largest absolute Gasteiger partial charge is 1.00 e. The number of hydrogen-bond acceptors (Lipinski definition) is 6. The van der Waals surface area contributed by atoms with Crippen LogP contribution in [0.25, 0.3) is 171 Å². The molecule has 0 fully saturated rings. The van der Waals surface area contributed by atoms with E-state index >= 15 is 0 Å². The van der Waals surface area contributed by atoms with Crippen molar-refractivity contribution in [3.63, 3.8) is 0 Å². The quantitative estimate of drug-likeness (QED) is 0.136. The Kier molecular flexibility index (Phi) is 14.6. The van der Waals surface area contributed by atoms with Gasteiger partial charge >= 0.3 is 29.6 Å². The maximum Gasteiger partial charge on any atom is 1.00 e. The Bertz CT molecular complexity index is 6300. The zero-order chi connectivity index (χ0) is 62.8. The van der Waals surface area contributed by atoms with E-state index in [0.29, 0.717) is 16.3 Å². The maximum atomic E-state index is 9.96. The van der Waals surface area contributed by atoms with Gasteiger partial charge in [0, 0.05) is 76.3 Å². The molecule has 10 nitrogen and oxygen atoms in total. The average Bonchev–Trinajstić information content (AvgIpc) is 1.58. The summed E-state index contributed by atoms with van der Waals surface area (Å²) in [5.74, 6) is 0.741. The molecule has 94 heavy (non-hydrogen) atoms. The fourth-order valence-corrected chi connectivity index (χ4v) is 13.8. The van der Waals surface area contributed by atoms with Crippen molar-refractivity contribution in [1.82, 2.24) is 38.6 Å². The minimum atomic E-state index is -1.00. The molecule has 0 amide bonds. The third kappa shape index (κ3) is 9.66. The second-order valence-corrected chi connectivity index (χ2v) is 23.1. The monoisotopic (exact) mass is 1250 g/mol. The van der Waals surface area contributed by atoms with Gasteiger partial charge in [-0.05, 0) is 144 Å². The molecular weight excluding hydrogens is 1190 g/mol. The van der Waals surface area contributed by atoms with Gasteiger partial charge in [-0.25, -0.2) is 19.9 Å². The van der Waals surface area contributed by atoms with E-state index in [1.54, 1.807) is 6.33 Å². The Morgan fingerprint density at radius 3 is 1.24 bits per heavy atom. The smallest absolute Gasteiger partial charge is 1.00 e. The number of aromatic amines is 1. The first-order valence-electron chi connectivity index (χ1n) is 31.2. The number of alkyl halides is 1. The van der Waals surface area contributed by atoms with Crippen molar-refractivity contribution in [1.29, 1.82) is 0 Å². The zero-order valence-corrected chi connectivity index (χ0v) is 53.4. The van der Waals surface area contributed by atoms with Gasteiger partial charge in [-0.15, -0.1) is 0 Å². The molecule has 0 radical (unpaired) electrons. The molecule has 1 N–H and O–H groups in total. The Balaban J connectivity index is 0.000000129. The fourth-order valence-electron chi connectivity index (χ4n) is 13.6. The van der Waals surface area contributed by atoms with Crippen LogP contribution < -0.4 is 29.6 Å². The molecule has 20 rings (SSSR count). The number of hydrogen-bond donors (Lipinski definition) is 1. The van der Waals surface area contributed by atoms with E-state index in [4.69, 9.17) is 26.8 Å². The molecule has 0 aliphatic heterocycles. The normalized spacial score (nSPS) is 11.6. The van der Waals surface area contributed by atoms with Crippen LogP contribution in [0.2, 0.25) is 5.15 Å². The summed E-state index contributed by atoms with van der Waals surface area (Å²) in [6, 6.07) is 98.4. The summed E-state index contributed by atoms with van der Waals surface area (Å²) in [4.78, 5) is 20.9. The van der Waals surface area contributed by atoms with Gasteiger partial charge in [0.15, 0.2) is 22.1 Å². The topological polar surface area (TPSA) is 108 Å². The second-order valence-electron chi connectivity index (χ2n) is 22.8. The van der Waals surface area contributed by atoms with Gasteiger partial charge in [0.2, 0.25) is 0 Å². The zero-order valence-electron chi connectivity index (χ0n) is 52.6. The second kappa shape index (κ2) is 24.1. The van der Waals surface area contributed by atoms with E-state index in [0.717, 1.165) is 60.9 Å². The van der Waals surface area contributed by atoms with E-state index in [1.165, 1.54) is 105 Å². The van der Waals surface area contributed by atoms with Crippen molar-refractivity contribution in [2.24, 2.45) is 0 Å². The van der Waals surface area contributed by atoms with Gasteiger partial charge in [0.1, 0.15) is 34.9 Å². The number of aromatic nitrogens is 8. The fraction of sp³-hybridized carbons (Fsp3) is 0.0123. The van der Waals surface area contributed by atoms with Crippen molar-refractivity contribution in [2.45, 2.75) is 0 Å². The third-order valence-corrected chi connectivity index (χ3v) is 18.0. The van der Waals surface area contributed by atoms with Gasteiger partial charge in [0.05, 0.1) is 41.6 Å². The number of rotatable bonds is 5. The maximum absolute atomic E-state index is 9.96. The number of nitrogens with one attached hydrogen (secondary N) is 1. The Labute approximate surface area is 566 Å².